The van der Waals surface area contributed by atoms with Crippen LogP contribution in [0.2, 0.25) is 0 Å². The van der Waals surface area contributed by atoms with Gasteiger partial charge in [-0.2, -0.15) is 0 Å². The largest absolute Gasteiger partial charge is 0.366 e. The predicted octanol–water partition coefficient (Wildman–Crippen LogP) is 1.28. The van der Waals surface area contributed by atoms with Gasteiger partial charge >= 0.3 is 0 Å². The molecule has 2 aromatic heterocycles. The summed E-state index contributed by atoms with van der Waals surface area (Å²) in [5, 5.41) is 5.58. The van der Waals surface area contributed by atoms with E-state index in [9.17, 15) is 9.59 Å². The van der Waals surface area contributed by atoms with Gasteiger partial charge in [0.2, 0.25) is 11.8 Å². The minimum absolute atomic E-state index is 0.179. The summed E-state index contributed by atoms with van der Waals surface area (Å²) in [7, 11) is 0. The Morgan fingerprint density at radius 1 is 1.05 bits per heavy atom. The van der Waals surface area contributed by atoms with Crippen molar-refractivity contribution >= 4 is 29.1 Å². The molecule has 0 saturated heterocycles. The lowest BCUT2D eigenvalue weighted by Gasteiger charge is -2.06. The highest BCUT2D eigenvalue weighted by molar-refractivity contribution is 5.92. The lowest BCUT2D eigenvalue weighted by Crippen LogP contribution is -2.11. The topological polar surface area (TPSA) is 110 Å². The molecule has 0 spiro atoms. The molecule has 20 heavy (non-hydrogen) atoms. The van der Waals surface area contributed by atoms with Crippen molar-refractivity contribution in [2.24, 2.45) is 5.73 Å². The van der Waals surface area contributed by atoms with Gasteiger partial charge in [-0.25, -0.2) is 9.97 Å². The Bertz CT molecular complexity index is 622. The van der Waals surface area contributed by atoms with Crippen molar-refractivity contribution in [3.8, 4) is 0 Å². The van der Waals surface area contributed by atoms with E-state index in [0.717, 1.165) is 0 Å². The fraction of sp³-hybridized carbons (Fsp3) is 0.0769. The van der Waals surface area contributed by atoms with E-state index >= 15 is 0 Å². The lowest BCUT2D eigenvalue weighted by molar-refractivity contribution is -0.114. The van der Waals surface area contributed by atoms with Gasteiger partial charge in [0, 0.05) is 13.1 Å². The Hall–Kier alpha value is -2.96. The molecule has 0 aliphatic heterocycles. The van der Waals surface area contributed by atoms with Gasteiger partial charge in [0.25, 0.3) is 0 Å². The number of nitrogens with two attached hydrogens (primary N) is 1. The van der Waals surface area contributed by atoms with Crippen molar-refractivity contribution in [2.45, 2.75) is 6.92 Å². The molecule has 0 aromatic carbocycles. The van der Waals surface area contributed by atoms with E-state index in [1.54, 1.807) is 30.5 Å². The first-order chi connectivity index (χ1) is 9.54. The van der Waals surface area contributed by atoms with Crippen LogP contribution in [-0.4, -0.2) is 21.8 Å². The van der Waals surface area contributed by atoms with Crippen LogP contribution in [0.5, 0.6) is 0 Å². The second-order valence-electron chi connectivity index (χ2n) is 4.03. The van der Waals surface area contributed by atoms with Gasteiger partial charge in [0.15, 0.2) is 0 Å². The van der Waals surface area contributed by atoms with Gasteiger partial charge in [0.05, 0.1) is 17.4 Å². The third-order valence-electron chi connectivity index (χ3n) is 2.39. The molecule has 0 unspecified atom stereocenters. The maximum Gasteiger partial charge on any atom is 0.250 e. The minimum atomic E-state index is -0.523. The lowest BCUT2D eigenvalue weighted by atomic mass is 10.3. The third-order valence-corrected chi connectivity index (χ3v) is 2.39. The molecule has 102 valence electrons. The van der Waals surface area contributed by atoms with Crippen LogP contribution in [-0.2, 0) is 4.79 Å². The molecule has 0 bridgehead atoms. The molecule has 0 atom stereocenters. The van der Waals surface area contributed by atoms with Crippen molar-refractivity contribution in [2.75, 3.05) is 10.6 Å². The average Bonchev–Trinajstić information content (AvgIpc) is 2.41. The zero-order valence-electron chi connectivity index (χ0n) is 10.8. The normalized spacial score (nSPS) is 9.85. The number of anilines is 3. The fourth-order valence-corrected chi connectivity index (χ4v) is 1.48. The third kappa shape index (κ3) is 3.52. The second kappa shape index (κ2) is 5.79. The number of amides is 2. The van der Waals surface area contributed by atoms with Gasteiger partial charge < -0.3 is 16.4 Å². The summed E-state index contributed by atoms with van der Waals surface area (Å²) in [6, 6.07) is 6.64. The van der Waals surface area contributed by atoms with Gasteiger partial charge in [0.1, 0.15) is 11.6 Å². The van der Waals surface area contributed by atoms with Crippen LogP contribution in [0.1, 0.15) is 17.3 Å². The zero-order chi connectivity index (χ0) is 14.5. The molecule has 0 radical (unpaired) electrons. The monoisotopic (exact) mass is 271 g/mol. The fourth-order valence-electron chi connectivity index (χ4n) is 1.48. The van der Waals surface area contributed by atoms with Crippen LogP contribution in [0.4, 0.5) is 17.3 Å². The molecule has 4 N–H and O–H groups in total. The molecule has 0 aliphatic carbocycles. The van der Waals surface area contributed by atoms with E-state index in [1.807, 2.05) is 0 Å². The summed E-state index contributed by atoms with van der Waals surface area (Å²) in [6.07, 6.45) is 2.96. The van der Waals surface area contributed by atoms with Crippen molar-refractivity contribution < 1.29 is 9.59 Å². The van der Waals surface area contributed by atoms with Crippen LogP contribution in [0.25, 0.3) is 0 Å². The molecule has 2 heterocycles. The van der Waals surface area contributed by atoms with E-state index < -0.39 is 5.91 Å². The zero-order valence-corrected chi connectivity index (χ0v) is 10.8. The number of aromatic nitrogens is 2. The maximum atomic E-state index is 10.9. The van der Waals surface area contributed by atoms with Crippen molar-refractivity contribution in [3.05, 3.63) is 42.2 Å². The summed E-state index contributed by atoms with van der Waals surface area (Å²) in [5.41, 5.74) is 6.18. The van der Waals surface area contributed by atoms with E-state index in [2.05, 4.69) is 20.6 Å². The molecule has 2 amide bonds. The first-order valence-electron chi connectivity index (χ1n) is 5.81. The molecule has 7 heteroatoms. The number of carbonyl (C=O) groups excluding carboxylic acids is 2. The molecule has 0 saturated carbocycles. The number of nitrogens with one attached hydrogen (secondary N) is 2. The molecule has 2 aromatic rings. The Balaban J connectivity index is 2.06. The Labute approximate surface area is 115 Å². The predicted molar refractivity (Wildman–Crippen MR) is 74.6 cm³/mol. The summed E-state index contributed by atoms with van der Waals surface area (Å²) in [4.78, 5) is 29.9. The smallest absolute Gasteiger partial charge is 0.250 e. The van der Waals surface area contributed by atoms with Gasteiger partial charge in [-0.3, -0.25) is 9.59 Å². The van der Waals surface area contributed by atoms with E-state index in [1.165, 1.54) is 13.1 Å². The van der Waals surface area contributed by atoms with Gasteiger partial charge in [-0.15, -0.1) is 0 Å². The van der Waals surface area contributed by atoms with Gasteiger partial charge in [-0.1, -0.05) is 0 Å². The minimum Gasteiger partial charge on any atom is -0.366 e. The number of primary amides is 1. The SMILES string of the molecule is CC(=O)Nc1ccc(Nc2ccc(C(N)=O)cn2)cn1. The Morgan fingerprint density at radius 3 is 2.25 bits per heavy atom. The number of hydrogen-bond acceptors (Lipinski definition) is 5. The molecular weight excluding hydrogens is 258 g/mol. The van der Waals surface area contributed by atoms with E-state index in [0.29, 0.717) is 22.9 Å². The summed E-state index contributed by atoms with van der Waals surface area (Å²) < 4.78 is 0. The summed E-state index contributed by atoms with van der Waals surface area (Å²) >= 11 is 0. The Morgan fingerprint density at radius 2 is 1.75 bits per heavy atom. The van der Waals surface area contributed by atoms with Crippen molar-refractivity contribution in [3.63, 3.8) is 0 Å². The molecular formula is C13H13N5O2. The van der Waals surface area contributed by atoms with Crippen LogP contribution in [0.15, 0.2) is 36.7 Å². The number of nitrogens with zero attached hydrogens (tertiary/aromatic N) is 2. The molecule has 2 rings (SSSR count). The van der Waals surface area contributed by atoms with Crippen LogP contribution in [0, 0.1) is 0 Å². The first-order valence-corrected chi connectivity index (χ1v) is 5.81. The quantitative estimate of drug-likeness (QED) is 0.775. The number of hydrogen-bond donors (Lipinski definition) is 3. The average molecular weight is 271 g/mol. The standard InChI is InChI=1S/C13H13N5O2/c1-8(19)17-11-5-3-10(7-16-11)18-12-4-2-9(6-15-12)13(14)20/h2-7H,1H3,(H2,14,20)(H,15,18)(H,16,17,19). The number of carbonyl (C=O) groups is 2. The highest BCUT2D eigenvalue weighted by Gasteiger charge is 2.02. The number of pyridine rings is 2. The van der Waals surface area contributed by atoms with Crippen LogP contribution < -0.4 is 16.4 Å². The first kappa shape index (κ1) is 13.5. The van der Waals surface area contributed by atoms with E-state index in [4.69, 9.17) is 5.73 Å². The van der Waals surface area contributed by atoms with Crippen molar-refractivity contribution in [1.29, 1.82) is 0 Å². The molecule has 7 nitrogen and oxygen atoms in total. The Kier molecular flexibility index (Phi) is 3.90. The summed E-state index contributed by atoms with van der Waals surface area (Å²) in [5.74, 6) is 0.330. The molecule has 0 fully saturated rings. The highest BCUT2D eigenvalue weighted by atomic mass is 16.1. The van der Waals surface area contributed by atoms with Crippen LogP contribution >= 0.6 is 0 Å². The maximum absolute atomic E-state index is 10.9. The summed E-state index contributed by atoms with van der Waals surface area (Å²) in [6.45, 7) is 1.41. The van der Waals surface area contributed by atoms with Crippen LogP contribution in [0.3, 0.4) is 0 Å². The van der Waals surface area contributed by atoms with E-state index in [-0.39, 0.29) is 5.91 Å². The molecule has 0 aliphatic rings. The van der Waals surface area contributed by atoms with Gasteiger partial charge in [-0.05, 0) is 24.3 Å². The second-order valence-corrected chi connectivity index (χ2v) is 4.03. The highest BCUT2D eigenvalue weighted by Crippen LogP contribution is 2.15. The van der Waals surface area contributed by atoms with Crippen molar-refractivity contribution in [1.82, 2.24) is 9.97 Å². The number of rotatable bonds is 4.